The van der Waals surface area contributed by atoms with Crippen LogP contribution in [0.5, 0.6) is 5.75 Å². The van der Waals surface area contributed by atoms with Gasteiger partial charge in [-0.15, -0.1) is 0 Å². The van der Waals surface area contributed by atoms with Crippen molar-refractivity contribution in [2.75, 3.05) is 18.1 Å². The number of hydrogen-bond donors (Lipinski definition) is 1. The van der Waals surface area contributed by atoms with E-state index in [2.05, 4.69) is 5.32 Å². The van der Waals surface area contributed by atoms with Gasteiger partial charge in [0.2, 0.25) is 5.91 Å². The monoisotopic (exact) mass is 365 g/mol. The van der Waals surface area contributed by atoms with E-state index in [1.165, 1.54) is 0 Å². The Labute approximate surface area is 147 Å². The maximum absolute atomic E-state index is 12.2. The number of hydrogen-bond acceptors (Lipinski definition) is 5. The van der Waals surface area contributed by atoms with Gasteiger partial charge < -0.3 is 14.5 Å². The van der Waals surface area contributed by atoms with Gasteiger partial charge in [0.1, 0.15) is 5.76 Å². The first-order valence-corrected chi connectivity index (χ1v) is 10.3. The fraction of sp³-hybridized carbons (Fsp3) is 0.500. The normalized spacial score (nSPS) is 20.5. The van der Waals surface area contributed by atoms with Crippen LogP contribution in [0.25, 0.3) is 11.0 Å². The maximum Gasteiger partial charge on any atom is 0.220 e. The fourth-order valence-electron chi connectivity index (χ4n) is 3.21. The number of carbonyl (C=O) groups excluding carboxylic acids is 1. The summed E-state index contributed by atoms with van der Waals surface area (Å²) in [5, 5.41) is 3.81. The number of carbonyl (C=O) groups is 1. The number of fused-ring (bicyclic) bond motifs is 1. The fourth-order valence-corrected chi connectivity index (χ4v) is 5.07. The Balaban J connectivity index is 1.66. The first-order valence-electron chi connectivity index (χ1n) is 8.53. The van der Waals surface area contributed by atoms with Crippen LogP contribution in [0.4, 0.5) is 0 Å². The highest BCUT2D eigenvalue weighted by atomic mass is 32.2. The predicted octanol–water partition coefficient (Wildman–Crippen LogP) is 2.83. The van der Waals surface area contributed by atoms with Gasteiger partial charge in [0, 0.05) is 11.8 Å². The van der Waals surface area contributed by atoms with Crippen LogP contribution in [0.15, 0.2) is 28.7 Å². The van der Waals surface area contributed by atoms with E-state index in [9.17, 15) is 13.2 Å². The lowest BCUT2D eigenvalue weighted by Gasteiger charge is -2.13. The molecule has 0 bridgehead atoms. The molecule has 1 amide bonds. The third-order valence-electron chi connectivity index (χ3n) is 4.43. The zero-order valence-electron chi connectivity index (χ0n) is 14.4. The largest absolute Gasteiger partial charge is 0.490 e. The molecule has 0 spiro atoms. The summed E-state index contributed by atoms with van der Waals surface area (Å²) in [4.78, 5) is 12.2. The molecule has 1 aliphatic heterocycles. The van der Waals surface area contributed by atoms with Crippen LogP contribution < -0.4 is 10.1 Å². The van der Waals surface area contributed by atoms with Crippen molar-refractivity contribution in [1.29, 1.82) is 0 Å². The summed E-state index contributed by atoms with van der Waals surface area (Å²) in [5.74, 6) is 1.38. The van der Waals surface area contributed by atoms with E-state index < -0.39 is 9.84 Å². The molecule has 2 aromatic rings. The Kier molecular flexibility index (Phi) is 5.03. The minimum atomic E-state index is -2.96. The molecule has 2 unspecified atom stereocenters. The predicted molar refractivity (Wildman–Crippen MR) is 95.3 cm³/mol. The number of ether oxygens (including phenoxy) is 1. The standard InChI is InChI=1S/C18H23NO5S/c1-3-23-15-6-4-5-14-10-16(24-18(14)15)12(2)19-17(20)9-13-7-8-25(21,22)11-13/h4-6,10,12-13H,3,7-9,11H2,1-2H3,(H,19,20). The molecule has 1 N–H and O–H groups in total. The van der Waals surface area contributed by atoms with Crippen molar-refractivity contribution in [3.05, 3.63) is 30.0 Å². The smallest absolute Gasteiger partial charge is 0.220 e. The second-order valence-electron chi connectivity index (χ2n) is 6.52. The molecule has 7 heteroatoms. The summed E-state index contributed by atoms with van der Waals surface area (Å²) >= 11 is 0. The van der Waals surface area contributed by atoms with Gasteiger partial charge in [-0.2, -0.15) is 0 Å². The quantitative estimate of drug-likeness (QED) is 0.851. The van der Waals surface area contributed by atoms with Crippen molar-refractivity contribution < 1.29 is 22.4 Å². The molecule has 1 aliphatic rings. The third kappa shape index (κ3) is 4.15. The van der Waals surface area contributed by atoms with Gasteiger partial charge in [0.15, 0.2) is 21.2 Å². The molecule has 1 aromatic carbocycles. The lowest BCUT2D eigenvalue weighted by atomic mass is 10.0. The second-order valence-corrected chi connectivity index (χ2v) is 8.75. The minimum absolute atomic E-state index is 0.0857. The maximum atomic E-state index is 12.2. The molecule has 1 fully saturated rings. The zero-order chi connectivity index (χ0) is 18.0. The van der Waals surface area contributed by atoms with Crippen molar-refractivity contribution in [2.24, 2.45) is 5.92 Å². The highest BCUT2D eigenvalue weighted by molar-refractivity contribution is 7.91. The van der Waals surface area contributed by atoms with E-state index in [-0.39, 0.29) is 35.8 Å². The summed E-state index contributed by atoms with van der Waals surface area (Å²) in [6.07, 6.45) is 0.792. The van der Waals surface area contributed by atoms with Crippen molar-refractivity contribution in [3.8, 4) is 5.75 Å². The van der Waals surface area contributed by atoms with Crippen molar-refractivity contribution in [2.45, 2.75) is 32.7 Å². The lowest BCUT2D eigenvalue weighted by molar-refractivity contribution is -0.122. The second kappa shape index (κ2) is 7.07. The Hall–Kier alpha value is -2.02. The molecular weight excluding hydrogens is 342 g/mol. The first kappa shape index (κ1) is 17.8. The molecule has 3 rings (SSSR count). The summed E-state index contributed by atoms with van der Waals surface area (Å²) in [5.41, 5.74) is 0.669. The average Bonchev–Trinajstić information content (AvgIpc) is 3.11. The first-order chi connectivity index (χ1) is 11.9. The van der Waals surface area contributed by atoms with Crippen LogP contribution in [0.2, 0.25) is 0 Å². The van der Waals surface area contributed by atoms with Crippen LogP contribution in [-0.4, -0.2) is 32.4 Å². The third-order valence-corrected chi connectivity index (χ3v) is 6.27. The number of benzene rings is 1. The van der Waals surface area contributed by atoms with Gasteiger partial charge in [0.25, 0.3) is 0 Å². The number of rotatable bonds is 6. The Morgan fingerprint density at radius 3 is 2.92 bits per heavy atom. The van der Waals surface area contributed by atoms with Gasteiger partial charge in [-0.3, -0.25) is 4.79 Å². The molecule has 25 heavy (non-hydrogen) atoms. The van der Waals surface area contributed by atoms with Crippen LogP contribution in [0, 0.1) is 5.92 Å². The molecule has 0 radical (unpaired) electrons. The summed E-state index contributed by atoms with van der Waals surface area (Å²) in [6.45, 7) is 4.31. The van der Waals surface area contributed by atoms with Gasteiger partial charge >= 0.3 is 0 Å². The van der Waals surface area contributed by atoms with Crippen LogP contribution in [-0.2, 0) is 14.6 Å². The van der Waals surface area contributed by atoms with E-state index >= 15 is 0 Å². The number of amides is 1. The topological polar surface area (TPSA) is 85.6 Å². The molecule has 6 nitrogen and oxygen atoms in total. The molecule has 2 heterocycles. The van der Waals surface area contributed by atoms with Crippen LogP contribution >= 0.6 is 0 Å². The SMILES string of the molecule is CCOc1cccc2cc(C(C)NC(=O)CC3CCS(=O)(=O)C3)oc12. The van der Waals surface area contributed by atoms with E-state index in [0.717, 1.165) is 5.39 Å². The zero-order valence-corrected chi connectivity index (χ0v) is 15.3. The van der Waals surface area contributed by atoms with Crippen molar-refractivity contribution in [3.63, 3.8) is 0 Å². The number of nitrogens with one attached hydrogen (secondary N) is 1. The lowest BCUT2D eigenvalue weighted by Crippen LogP contribution is -2.28. The van der Waals surface area contributed by atoms with Crippen LogP contribution in [0.3, 0.4) is 0 Å². The molecule has 1 aromatic heterocycles. The van der Waals surface area contributed by atoms with Crippen molar-refractivity contribution in [1.82, 2.24) is 5.32 Å². The summed E-state index contributed by atoms with van der Waals surface area (Å²) < 4.78 is 34.4. The van der Waals surface area contributed by atoms with E-state index in [1.54, 1.807) is 0 Å². The highest BCUT2D eigenvalue weighted by Crippen LogP contribution is 2.31. The van der Waals surface area contributed by atoms with Crippen LogP contribution in [0.1, 0.15) is 38.5 Å². The molecule has 136 valence electrons. The molecule has 0 saturated carbocycles. The minimum Gasteiger partial charge on any atom is -0.490 e. The molecule has 2 atom stereocenters. The molecular formula is C18H23NO5S. The van der Waals surface area contributed by atoms with E-state index in [0.29, 0.717) is 30.1 Å². The average molecular weight is 365 g/mol. The Bertz CT molecular complexity index is 871. The van der Waals surface area contributed by atoms with Gasteiger partial charge in [-0.05, 0) is 38.3 Å². The summed E-state index contributed by atoms with van der Waals surface area (Å²) in [6, 6.07) is 7.28. The molecule has 1 saturated heterocycles. The number of sulfone groups is 1. The number of para-hydroxylation sites is 1. The molecule has 0 aliphatic carbocycles. The van der Waals surface area contributed by atoms with E-state index in [1.807, 2.05) is 38.1 Å². The number of furan rings is 1. The van der Waals surface area contributed by atoms with E-state index in [4.69, 9.17) is 9.15 Å². The summed E-state index contributed by atoms with van der Waals surface area (Å²) in [7, 11) is -2.96. The van der Waals surface area contributed by atoms with Crippen molar-refractivity contribution >= 4 is 26.7 Å². The Morgan fingerprint density at radius 1 is 1.44 bits per heavy atom. The van der Waals surface area contributed by atoms with Gasteiger partial charge in [-0.25, -0.2) is 8.42 Å². The highest BCUT2D eigenvalue weighted by Gasteiger charge is 2.29. The van der Waals surface area contributed by atoms with Gasteiger partial charge in [-0.1, -0.05) is 12.1 Å². The Morgan fingerprint density at radius 2 is 2.24 bits per heavy atom. The van der Waals surface area contributed by atoms with Gasteiger partial charge in [0.05, 0.1) is 24.2 Å².